The summed E-state index contributed by atoms with van der Waals surface area (Å²) >= 11 is 0. The first-order chi connectivity index (χ1) is 8.56. The minimum absolute atomic E-state index is 0.144. The SMILES string of the molecule is CNC(=O)Nc1cccc(NC(=O)C(C)CN)c1. The van der Waals surface area contributed by atoms with Crippen LogP contribution in [0, 0.1) is 5.92 Å². The quantitative estimate of drug-likeness (QED) is 0.641. The van der Waals surface area contributed by atoms with Gasteiger partial charge in [-0.05, 0) is 18.2 Å². The van der Waals surface area contributed by atoms with Crippen LogP contribution in [0.2, 0.25) is 0 Å². The molecule has 0 aromatic heterocycles. The maximum Gasteiger partial charge on any atom is 0.318 e. The van der Waals surface area contributed by atoms with E-state index >= 15 is 0 Å². The van der Waals surface area contributed by atoms with Gasteiger partial charge in [0.25, 0.3) is 0 Å². The molecule has 0 bridgehead atoms. The van der Waals surface area contributed by atoms with Crippen LogP contribution in [0.4, 0.5) is 16.2 Å². The molecule has 0 aliphatic carbocycles. The van der Waals surface area contributed by atoms with Crippen molar-refractivity contribution < 1.29 is 9.59 Å². The largest absolute Gasteiger partial charge is 0.341 e. The van der Waals surface area contributed by atoms with E-state index in [-0.39, 0.29) is 17.9 Å². The Morgan fingerprint density at radius 2 is 1.89 bits per heavy atom. The van der Waals surface area contributed by atoms with Gasteiger partial charge in [0.2, 0.25) is 5.91 Å². The van der Waals surface area contributed by atoms with Gasteiger partial charge >= 0.3 is 6.03 Å². The Labute approximate surface area is 106 Å². The number of carbonyl (C=O) groups is 2. The number of nitrogens with one attached hydrogen (secondary N) is 3. The van der Waals surface area contributed by atoms with Gasteiger partial charge in [-0.2, -0.15) is 0 Å². The van der Waals surface area contributed by atoms with Gasteiger partial charge in [0, 0.05) is 30.9 Å². The van der Waals surface area contributed by atoms with Crippen LogP contribution >= 0.6 is 0 Å². The third kappa shape index (κ3) is 4.06. The van der Waals surface area contributed by atoms with Crippen LogP contribution in [0.15, 0.2) is 24.3 Å². The topological polar surface area (TPSA) is 96.2 Å². The molecular formula is C12H18N4O2. The Balaban J connectivity index is 2.70. The van der Waals surface area contributed by atoms with E-state index in [1.165, 1.54) is 7.05 Å². The molecule has 0 saturated carbocycles. The van der Waals surface area contributed by atoms with Gasteiger partial charge < -0.3 is 21.7 Å². The number of amides is 3. The zero-order chi connectivity index (χ0) is 13.5. The molecule has 6 heteroatoms. The highest BCUT2D eigenvalue weighted by Gasteiger charge is 2.10. The zero-order valence-electron chi connectivity index (χ0n) is 10.5. The number of nitrogens with two attached hydrogens (primary N) is 1. The van der Waals surface area contributed by atoms with E-state index in [4.69, 9.17) is 5.73 Å². The Morgan fingerprint density at radius 1 is 1.28 bits per heavy atom. The van der Waals surface area contributed by atoms with Crippen molar-refractivity contribution in [3.63, 3.8) is 0 Å². The third-order valence-corrected chi connectivity index (χ3v) is 2.42. The second-order valence-corrected chi connectivity index (χ2v) is 3.91. The van der Waals surface area contributed by atoms with Crippen molar-refractivity contribution in [2.24, 2.45) is 11.7 Å². The van der Waals surface area contributed by atoms with Crippen molar-refractivity contribution >= 4 is 23.3 Å². The van der Waals surface area contributed by atoms with Gasteiger partial charge in [0.05, 0.1) is 0 Å². The molecule has 0 spiro atoms. The average molecular weight is 250 g/mol. The fourth-order valence-electron chi connectivity index (χ4n) is 1.24. The molecule has 1 aromatic rings. The first-order valence-corrected chi connectivity index (χ1v) is 5.66. The number of hydrogen-bond donors (Lipinski definition) is 4. The summed E-state index contributed by atoms with van der Waals surface area (Å²) in [5, 5.41) is 7.80. The summed E-state index contributed by atoms with van der Waals surface area (Å²) in [5.74, 6) is -0.393. The van der Waals surface area contributed by atoms with Crippen molar-refractivity contribution in [3.8, 4) is 0 Å². The lowest BCUT2D eigenvalue weighted by atomic mass is 10.1. The molecule has 0 radical (unpaired) electrons. The Hall–Kier alpha value is -2.08. The summed E-state index contributed by atoms with van der Waals surface area (Å²) in [6.45, 7) is 2.05. The fourth-order valence-corrected chi connectivity index (χ4v) is 1.24. The summed E-state index contributed by atoms with van der Waals surface area (Å²) in [6.07, 6.45) is 0. The lowest BCUT2D eigenvalue weighted by molar-refractivity contribution is -0.119. The minimum atomic E-state index is -0.311. The molecular weight excluding hydrogens is 232 g/mol. The number of anilines is 2. The molecule has 0 aliphatic heterocycles. The van der Waals surface area contributed by atoms with E-state index < -0.39 is 0 Å². The van der Waals surface area contributed by atoms with Gasteiger partial charge in [-0.1, -0.05) is 13.0 Å². The average Bonchev–Trinajstić information content (AvgIpc) is 2.37. The molecule has 0 heterocycles. The summed E-state index contributed by atoms with van der Waals surface area (Å²) in [5.41, 5.74) is 6.64. The van der Waals surface area contributed by atoms with E-state index in [1.807, 2.05) is 0 Å². The smallest absolute Gasteiger partial charge is 0.318 e. The molecule has 0 saturated heterocycles. The first-order valence-electron chi connectivity index (χ1n) is 5.66. The van der Waals surface area contributed by atoms with Crippen molar-refractivity contribution in [1.82, 2.24) is 5.32 Å². The maximum atomic E-state index is 11.6. The lowest BCUT2D eigenvalue weighted by Gasteiger charge is -2.11. The van der Waals surface area contributed by atoms with Gasteiger partial charge in [-0.25, -0.2) is 4.79 Å². The fraction of sp³-hybridized carbons (Fsp3) is 0.333. The van der Waals surface area contributed by atoms with E-state index in [0.717, 1.165) is 0 Å². The standard InChI is InChI=1S/C12H18N4O2/c1-8(7-13)11(17)15-9-4-3-5-10(6-9)16-12(18)14-2/h3-6,8H,7,13H2,1-2H3,(H,15,17)(H2,14,16,18). The van der Waals surface area contributed by atoms with E-state index in [1.54, 1.807) is 31.2 Å². The minimum Gasteiger partial charge on any atom is -0.341 e. The molecule has 5 N–H and O–H groups in total. The normalized spacial score (nSPS) is 11.5. The monoisotopic (exact) mass is 250 g/mol. The predicted octanol–water partition coefficient (Wildman–Crippen LogP) is 0.971. The summed E-state index contributed by atoms with van der Waals surface area (Å²) < 4.78 is 0. The molecule has 18 heavy (non-hydrogen) atoms. The molecule has 1 unspecified atom stereocenters. The second-order valence-electron chi connectivity index (χ2n) is 3.91. The van der Waals surface area contributed by atoms with Crippen LogP contribution in [0.1, 0.15) is 6.92 Å². The zero-order valence-corrected chi connectivity index (χ0v) is 10.5. The van der Waals surface area contributed by atoms with E-state index in [9.17, 15) is 9.59 Å². The predicted molar refractivity (Wildman–Crippen MR) is 71.4 cm³/mol. The number of benzene rings is 1. The molecule has 0 aliphatic rings. The van der Waals surface area contributed by atoms with Crippen LogP contribution < -0.4 is 21.7 Å². The second kappa shape index (κ2) is 6.61. The molecule has 98 valence electrons. The van der Waals surface area contributed by atoms with Crippen molar-refractivity contribution in [3.05, 3.63) is 24.3 Å². The molecule has 1 atom stereocenters. The van der Waals surface area contributed by atoms with Crippen molar-refractivity contribution in [2.75, 3.05) is 24.2 Å². The highest BCUT2D eigenvalue weighted by Crippen LogP contribution is 2.15. The van der Waals surface area contributed by atoms with Crippen LogP contribution in [-0.4, -0.2) is 25.5 Å². The Bertz CT molecular complexity index is 434. The molecule has 1 aromatic carbocycles. The highest BCUT2D eigenvalue weighted by atomic mass is 16.2. The van der Waals surface area contributed by atoms with Crippen LogP contribution in [0.5, 0.6) is 0 Å². The van der Waals surface area contributed by atoms with Crippen LogP contribution in [0.25, 0.3) is 0 Å². The number of rotatable bonds is 4. The van der Waals surface area contributed by atoms with Gasteiger partial charge in [-0.15, -0.1) is 0 Å². The molecule has 1 rings (SSSR count). The van der Waals surface area contributed by atoms with Crippen LogP contribution in [-0.2, 0) is 4.79 Å². The Kier molecular flexibility index (Phi) is 5.13. The maximum absolute atomic E-state index is 11.6. The van der Waals surface area contributed by atoms with E-state index in [2.05, 4.69) is 16.0 Å². The van der Waals surface area contributed by atoms with Crippen molar-refractivity contribution in [1.29, 1.82) is 0 Å². The summed E-state index contributed by atoms with van der Waals surface area (Å²) in [6, 6.07) is 6.59. The number of hydrogen-bond acceptors (Lipinski definition) is 3. The van der Waals surface area contributed by atoms with Gasteiger partial charge in [0.15, 0.2) is 0 Å². The third-order valence-electron chi connectivity index (χ3n) is 2.42. The molecule has 0 fully saturated rings. The Morgan fingerprint density at radius 3 is 2.44 bits per heavy atom. The van der Waals surface area contributed by atoms with E-state index in [0.29, 0.717) is 17.9 Å². The summed E-state index contributed by atoms with van der Waals surface area (Å²) in [7, 11) is 1.53. The van der Waals surface area contributed by atoms with Gasteiger partial charge in [0.1, 0.15) is 0 Å². The molecule has 3 amide bonds. The summed E-state index contributed by atoms with van der Waals surface area (Å²) in [4.78, 5) is 22.8. The first kappa shape index (κ1) is 14.0. The van der Waals surface area contributed by atoms with Crippen molar-refractivity contribution in [2.45, 2.75) is 6.92 Å². The van der Waals surface area contributed by atoms with Gasteiger partial charge in [-0.3, -0.25) is 4.79 Å². The number of carbonyl (C=O) groups excluding carboxylic acids is 2. The number of urea groups is 1. The van der Waals surface area contributed by atoms with Crippen LogP contribution in [0.3, 0.4) is 0 Å². The lowest BCUT2D eigenvalue weighted by Crippen LogP contribution is -2.27. The molecule has 6 nitrogen and oxygen atoms in total. The highest BCUT2D eigenvalue weighted by molar-refractivity contribution is 5.94.